The second-order valence-electron chi connectivity index (χ2n) is 2.72. The molecule has 14 heavy (non-hydrogen) atoms. The fourth-order valence-electron chi connectivity index (χ4n) is 0.999. The molecule has 1 aromatic rings. The van der Waals surface area contributed by atoms with Gasteiger partial charge in [-0.25, -0.2) is 0 Å². The van der Waals surface area contributed by atoms with E-state index in [1.807, 2.05) is 0 Å². The van der Waals surface area contributed by atoms with Crippen molar-refractivity contribution in [3.05, 3.63) is 32.7 Å². The normalized spacial score (nSPS) is 14.5. The van der Waals surface area contributed by atoms with Crippen molar-refractivity contribution in [3.8, 4) is 6.07 Å². The topological polar surface area (TPSA) is 64.2 Å². The van der Waals surface area contributed by atoms with Gasteiger partial charge in [0, 0.05) is 8.95 Å². The zero-order chi connectivity index (χ0) is 10.7. The van der Waals surface area contributed by atoms with Crippen LogP contribution >= 0.6 is 31.9 Å². The highest BCUT2D eigenvalue weighted by atomic mass is 79.9. The third-order valence-electron chi connectivity index (χ3n) is 1.66. The highest BCUT2D eigenvalue weighted by Crippen LogP contribution is 2.25. The standard InChI is InChI=1S/C9H7Br2NO2/c10-6-1-5(2-7(11)3-6)9(14)8(13)4-12/h1-3,8-9,13-14H. The van der Waals surface area contributed by atoms with E-state index in [0.29, 0.717) is 5.56 Å². The van der Waals surface area contributed by atoms with Gasteiger partial charge in [0.25, 0.3) is 0 Å². The summed E-state index contributed by atoms with van der Waals surface area (Å²) in [6.45, 7) is 0. The highest BCUT2D eigenvalue weighted by molar-refractivity contribution is 9.11. The van der Waals surface area contributed by atoms with E-state index in [-0.39, 0.29) is 0 Å². The van der Waals surface area contributed by atoms with Gasteiger partial charge in [0.1, 0.15) is 6.10 Å². The van der Waals surface area contributed by atoms with Crippen molar-refractivity contribution in [2.75, 3.05) is 0 Å². The van der Waals surface area contributed by atoms with Gasteiger partial charge in [-0.3, -0.25) is 0 Å². The third kappa shape index (κ3) is 2.79. The molecule has 0 aromatic heterocycles. The first-order chi connectivity index (χ1) is 6.54. The Hall–Kier alpha value is -0.410. The lowest BCUT2D eigenvalue weighted by Gasteiger charge is -2.12. The number of nitrogens with zero attached hydrogens (tertiary/aromatic N) is 1. The molecule has 2 atom stereocenters. The Morgan fingerprint density at radius 3 is 2.07 bits per heavy atom. The summed E-state index contributed by atoms with van der Waals surface area (Å²) in [6, 6.07) is 6.68. The predicted molar refractivity (Wildman–Crippen MR) is 58.4 cm³/mol. The Labute approximate surface area is 98.2 Å². The van der Waals surface area contributed by atoms with Crippen molar-refractivity contribution in [2.45, 2.75) is 12.2 Å². The van der Waals surface area contributed by atoms with E-state index in [9.17, 15) is 5.11 Å². The SMILES string of the molecule is N#CC(O)C(O)c1cc(Br)cc(Br)c1. The molecule has 0 amide bonds. The Bertz CT molecular complexity index is 355. The zero-order valence-corrected chi connectivity index (χ0v) is 10.2. The fraction of sp³-hybridized carbons (Fsp3) is 0.222. The Morgan fingerprint density at radius 2 is 1.64 bits per heavy atom. The molecule has 2 N–H and O–H groups in total. The molecule has 0 aliphatic heterocycles. The van der Waals surface area contributed by atoms with E-state index in [2.05, 4.69) is 31.9 Å². The summed E-state index contributed by atoms with van der Waals surface area (Å²) in [4.78, 5) is 0. The van der Waals surface area contributed by atoms with Crippen molar-refractivity contribution in [1.29, 1.82) is 5.26 Å². The van der Waals surface area contributed by atoms with Gasteiger partial charge < -0.3 is 10.2 Å². The van der Waals surface area contributed by atoms with Crippen molar-refractivity contribution in [1.82, 2.24) is 0 Å². The minimum atomic E-state index is -1.41. The number of nitriles is 1. The molecule has 3 nitrogen and oxygen atoms in total. The first kappa shape index (κ1) is 11.7. The second kappa shape index (κ2) is 4.89. The van der Waals surface area contributed by atoms with Gasteiger partial charge in [-0.05, 0) is 23.8 Å². The quantitative estimate of drug-likeness (QED) is 0.820. The number of hydrogen-bond donors (Lipinski definition) is 2. The maximum atomic E-state index is 9.52. The summed E-state index contributed by atoms with van der Waals surface area (Å²) in [5.41, 5.74) is 0.486. The summed E-state index contributed by atoms with van der Waals surface area (Å²) in [6.07, 6.45) is -2.59. The van der Waals surface area contributed by atoms with Crippen molar-refractivity contribution < 1.29 is 10.2 Å². The van der Waals surface area contributed by atoms with Gasteiger partial charge in [0.05, 0.1) is 6.07 Å². The average Bonchev–Trinajstić information content (AvgIpc) is 2.14. The molecule has 74 valence electrons. The van der Waals surface area contributed by atoms with Crippen LogP contribution in [0.15, 0.2) is 27.1 Å². The number of hydrogen-bond acceptors (Lipinski definition) is 3. The molecular weight excluding hydrogens is 314 g/mol. The van der Waals surface area contributed by atoms with Gasteiger partial charge in [-0.1, -0.05) is 31.9 Å². The van der Waals surface area contributed by atoms with Crippen LogP contribution in [0.5, 0.6) is 0 Å². The van der Waals surface area contributed by atoms with Gasteiger partial charge in [-0.15, -0.1) is 0 Å². The molecule has 0 saturated heterocycles. The first-order valence-electron chi connectivity index (χ1n) is 3.76. The minimum absolute atomic E-state index is 0.486. The minimum Gasteiger partial charge on any atom is -0.385 e. The van der Waals surface area contributed by atoms with Crippen LogP contribution in [-0.2, 0) is 0 Å². The molecule has 0 heterocycles. The molecule has 0 spiro atoms. The van der Waals surface area contributed by atoms with Gasteiger partial charge in [0.15, 0.2) is 6.10 Å². The van der Waals surface area contributed by atoms with E-state index in [4.69, 9.17) is 10.4 Å². The van der Waals surface area contributed by atoms with Crippen LogP contribution in [0, 0.1) is 11.3 Å². The molecule has 0 radical (unpaired) electrons. The lowest BCUT2D eigenvalue weighted by molar-refractivity contribution is 0.0527. The molecule has 5 heteroatoms. The summed E-state index contributed by atoms with van der Waals surface area (Å²) in [5, 5.41) is 27.1. The van der Waals surface area contributed by atoms with E-state index >= 15 is 0 Å². The highest BCUT2D eigenvalue weighted by Gasteiger charge is 2.18. The van der Waals surface area contributed by atoms with E-state index < -0.39 is 12.2 Å². The van der Waals surface area contributed by atoms with Crippen molar-refractivity contribution in [3.63, 3.8) is 0 Å². The molecule has 0 fully saturated rings. The zero-order valence-electron chi connectivity index (χ0n) is 6.98. The third-order valence-corrected chi connectivity index (χ3v) is 2.57. The predicted octanol–water partition coefficient (Wildman–Crippen LogP) is 2.13. The molecule has 0 saturated carbocycles. The number of rotatable bonds is 2. The molecule has 0 bridgehead atoms. The Balaban J connectivity index is 3.02. The van der Waals surface area contributed by atoms with E-state index in [0.717, 1.165) is 8.95 Å². The lowest BCUT2D eigenvalue weighted by Crippen LogP contribution is -2.15. The van der Waals surface area contributed by atoms with Crippen LogP contribution in [0.2, 0.25) is 0 Å². The molecule has 0 aliphatic rings. The molecule has 1 aromatic carbocycles. The van der Waals surface area contributed by atoms with Crippen LogP contribution in [0.1, 0.15) is 11.7 Å². The number of benzene rings is 1. The number of aliphatic hydroxyl groups is 2. The number of aliphatic hydroxyl groups excluding tert-OH is 2. The average molecular weight is 321 g/mol. The maximum Gasteiger partial charge on any atom is 0.170 e. The van der Waals surface area contributed by atoms with Gasteiger partial charge in [0.2, 0.25) is 0 Å². The molecule has 2 unspecified atom stereocenters. The largest absolute Gasteiger partial charge is 0.385 e. The van der Waals surface area contributed by atoms with Crippen LogP contribution in [0.4, 0.5) is 0 Å². The van der Waals surface area contributed by atoms with Crippen molar-refractivity contribution in [2.24, 2.45) is 0 Å². The van der Waals surface area contributed by atoms with Crippen LogP contribution < -0.4 is 0 Å². The maximum absolute atomic E-state index is 9.52. The van der Waals surface area contributed by atoms with Crippen LogP contribution in [-0.4, -0.2) is 16.3 Å². The lowest BCUT2D eigenvalue weighted by atomic mass is 10.1. The summed E-state index contributed by atoms with van der Waals surface area (Å²) in [7, 11) is 0. The Morgan fingerprint density at radius 1 is 1.14 bits per heavy atom. The van der Waals surface area contributed by atoms with Crippen LogP contribution in [0.3, 0.4) is 0 Å². The van der Waals surface area contributed by atoms with Crippen molar-refractivity contribution >= 4 is 31.9 Å². The van der Waals surface area contributed by atoms with E-state index in [1.165, 1.54) is 0 Å². The van der Waals surface area contributed by atoms with Gasteiger partial charge >= 0.3 is 0 Å². The summed E-state index contributed by atoms with van der Waals surface area (Å²) in [5.74, 6) is 0. The smallest absolute Gasteiger partial charge is 0.170 e. The second-order valence-corrected chi connectivity index (χ2v) is 4.55. The first-order valence-corrected chi connectivity index (χ1v) is 5.35. The van der Waals surface area contributed by atoms with Crippen LogP contribution in [0.25, 0.3) is 0 Å². The summed E-state index contributed by atoms with van der Waals surface area (Å²) < 4.78 is 1.54. The molecular formula is C9H7Br2NO2. The molecule has 0 aliphatic carbocycles. The number of halogens is 2. The summed E-state index contributed by atoms with van der Waals surface area (Å²) >= 11 is 6.49. The fourth-order valence-corrected chi connectivity index (χ4v) is 2.33. The van der Waals surface area contributed by atoms with E-state index in [1.54, 1.807) is 24.3 Å². The monoisotopic (exact) mass is 319 g/mol. The Kier molecular flexibility index (Phi) is 4.08. The molecule has 1 rings (SSSR count). The van der Waals surface area contributed by atoms with Gasteiger partial charge in [-0.2, -0.15) is 5.26 Å².